The van der Waals surface area contributed by atoms with E-state index in [-0.39, 0.29) is 141 Å². The number of aliphatic hydroxyl groups excluding tert-OH is 3. The molecule has 0 fully saturated rings. The zero-order chi connectivity index (χ0) is 107. The van der Waals surface area contributed by atoms with Gasteiger partial charge in [0.2, 0.25) is 17.7 Å². The van der Waals surface area contributed by atoms with E-state index in [4.69, 9.17) is 15.3 Å². The Balaban J connectivity index is 0.000000199. The number of aromatic nitrogens is 6. The Morgan fingerprint density at radius 3 is 0.973 bits per heavy atom. The molecule has 8 aromatic carbocycles. The van der Waals surface area contributed by atoms with E-state index in [1.807, 2.05) is 157 Å². The van der Waals surface area contributed by atoms with Gasteiger partial charge in [0.15, 0.2) is 17.1 Å². The molecule has 788 valence electrons. The standard InChI is InChI=1S/2C41H49N5O6.C34H43N5O6/c1-4-6-19-44(20-7-5-2)41(52)36-21-28(3)46(43-36)37-18-17-33(42-38(48)23-32(24-39(49)50)29-13-9-8-10-14-29)25-35(37)40(51)45-26-31-16-12-11-15-30(31)22-34(45)27-47;1-4-6-19-44(20-7-5-2)41(52)36-21-28(3)46(43-36)37-18-17-33(42-39(50)32(24-38(48)49)22-29-13-9-8-10-14-29)25-35(37)40(51)45-26-31-16-12-11-15-30(31)23-34(45)27-47;1-4-6-16-37(17-7-5-2)34(45)29-18-23(3)39(36-29)30-13-12-26(35-31(41)14-15-32(42)43)20-28(30)33(44)38-21-25-11-9-8-10-24(25)19-27(38)22-40/h8-18,21,25,32,34,47H,4-7,19-20,22-24,26-27H2,1-3H3,(H,42,48)(H,49,50);8-18,21,25,32,34,47H,4-7,19-20,22-24,26-27H2,1-3H3,(H,42,50)(H,48,49);8-13,18,20,27,40H,4-7,14-17,19,21-22H2,1-3H3,(H,35,41)(H,42,43)/t2*32?,34-;27-/m000/s1. The number of nitrogens with one attached hydrogen (secondary N) is 3. The molecule has 0 spiro atoms. The van der Waals surface area contributed by atoms with Crippen LogP contribution in [-0.4, -0.2) is 238 Å². The molecule has 33 nitrogen and oxygen atoms in total. The van der Waals surface area contributed by atoms with Gasteiger partial charge in [-0.25, -0.2) is 14.0 Å². The lowest BCUT2D eigenvalue weighted by Gasteiger charge is -2.36. The van der Waals surface area contributed by atoms with Crippen LogP contribution in [0.4, 0.5) is 17.1 Å². The highest BCUT2D eigenvalue weighted by molar-refractivity contribution is 6.04. The molecule has 0 saturated carbocycles. The number of rotatable bonds is 46. The van der Waals surface area contributed by atoms with Crippen LogP contribution in [0.25, 0.3) is 17.1 Å². The van der Waals surface area contributed by atoms with E-state index in [1.165, 1.54) is 0 Å². The second-order valence-corrected chi connectivity index (χ2v) is 38.5. The highest BCUT2D eigenvalue weighted by Crippen LogP contribution is 2.36. The van der Waals surface area contributed by atoms with Crippen molar-refractivity contribution in [3.8, 4) is 17.1 Å². The Morgan fingerprint density at radius 2 is 0.658 bits per heavy atom. The van der Waals surface area contributed by atoms with Crippen LogP contribution < -0.4 is 16.0 Å². The summed E-state index contributed by atoms with van der Waals surface area (Å²) in [7, 11) is 0. The number of nitrogens with zero attached hydrogens (tertiary/aromatic N) is 12. The monoisotopic (exact) mass is 2030 g/mol. The van der Waals surface area contributed by atoms with Crippen molar-refractivity contribution in [1.82, 2.24) is 58.7 Å². The van der Waals surface area contributed by atoms with Crippen LogP contribution in [0.2, 0.25) is 0 Å². The van der Waals surface area contributed by atoms with E-state index in [2.05, 4.69) is 62.6 Å². The predicted molar refractivity (Wildman–Crippen MR) is 569 cm³/mol. The second kappa shape index (κ2) is 55.1. The summed E-state index contributed by atoms with van der Waals surface area (Å²) in [6.45, 7) is 21.9. The number of anilines is 3. The Labute approximate surface area is 870 Å². The number of hydrogen-bond acceptors (Lipinski definition) is 18. The smallest absolute Gasteiger partial charge is 0.304 e. The third-order valence-corrected chi connectivity index (χ3v) is 27.4. The molecule has 6 heterocycles. The summed E-state index contributed by atoms with van der Waals surface area (Å²) in [5.41, 5.74) is 13.4. The molecule has 33 heteroatoms. The maximum Gasteiger partial charge on any atom is 0.304 e. The number of aryl methyl sites for hydroxylation is 3. The van der Waals surface area contributed by atoms with Crippen LogP contribution in [-0.2, 0) is 74.1 Å². The van der Waals surface area contributed by atoms with Crippen molar-refractivity contribution in [3.05, 3.63) is 302 Å². The van der Waals surface area contributed by atoms with Gasteiger partial charge in [0.1, 0.15) is 0 Å². The van der Waals surface area contributed by atoms with E-state index < -0.39 is 65.6 Å². The molecule has 0 radical (unpaired) electrons. The molecule has 3 aliphatic heterocycles. The molecule has 3 aliphatic rings. The molecule has 11 aromatic rings. The normalized spacial score (nSPS) is 14.3. The van der Waals surface area contributed by atoms with Crippen molar-refractivity contribution in [1.29, 1.82) is 0 Å². The Bertz CT molecular complexity index is 6470. The van der Waals surface area contributed by atoms with E-state index in [0.29, 0.717) is 116 Å². The van der Waals surface area contributed by atoms with Gasteiger partial charge in [-0.1, -0.05) is 214 Å². The van der Waals surface area contributed by atoms with Gasteiger partial charge in [0.25, 0.3) is 35.4 Å². The number of hydrogen-bond donors (Lipinski definition) is 9. The molecular formula is C116H141N15O18. The minimum absolute atomic E-state index is 0.0763. The SMILES string of the molecule is CCCCN(CCCC)C(=O)c1cc(C)n(-c2ccc(NC(=O)C(CC(=O)O)Cc3ccccc3)cc2C(=O)N2Cc3ccccc3C[C@H]2CO)n1.CCCCN(CCCC)C(=O)c1cc(C)n(-c2ccc(NC(=O)CC(CC(=O)O)c3ccccc3)cc2C(=O)N2Cc3ccccc3C[C@H]2CO)n1.CCCCN(CCCC)C(=O)c1cc(C)n(-c2ccc(NC(=O)CCC(=O)O)cc2C(=O)N2Cc3ccccc3C[C@H]2CO)n1. The largest absolute Gasteiger partial charge is 0.481 e. The van der Waals surface area contributed by atoms with Gasteiger partial charge >= 0.3 is 17.9 Å². The first-order chi connectivity index (χ1) is 71.9. The number of fused-ring (bicyclic) bond motifs is 3. The average Bonchev–Trinajstić information content (AvgIpc) is 1.76. The number of aliphatic carboxylic acids is 3. The van der Waals surface area contributed by atoms with Crippen LogP contribution in [0.5, 0.6) is 0 Å². The van der Waals surface area contributed by atoms with Crippen LogP contribution >= 0.6 is 0 Å². The molecule has 14 rings (SSSR count). The molecule has 0 bridgehead atoms. The minimum Gasteiger partial charge on any atom is -0.481 e. The van der Waals surface area contributed by atoms with Crippen LogP contribution in [0.15, 0.2) is 206 Å². The lowest BCUT2D eigenvalue weighted by molar-refractivity contribution is -0.140. The quantitative estimate of drug-likeness (QED) is 0.0171. The summed E-state index contributed by atoms with van der Waals surface area (Å²) < 4.78 is 4.74. The minimum atomic E-state index is -1.09. The third kappa shape index (κ3) is 29.9. The molecule has 0 aliphatic carbocycles. The first kappa shape index (κ1) is 113. The van der Waals surface area contributed by atoms with Crippen LogP contribution in [0.3, 0.4) is 0 Å². The Morgan fingerprint density at radius 1 is 0.349 bits per heavy atom. The topological polar surface area (TPSA) is 435 Å². The molecule has 2 unspecified atom stereocenters. The first-order valence-corrected chi connectivity index (χ1v) is 52.0. The highest BCUT2D eigenvalue weighted by Gasteiger charge is 2.38. The number of carbonyl (C=O) groups excluding carboxylic acids is 9. The van der Waals surface area contributed by atoms with E-state index in [9.17, 15) is 83.1 Å². The number of carboxylic acid groups (broad SMARTS) is 3. The first-order valence-electron chi connectivity index (χ1n) is 52.0. The molecule has 0 saturated heterocycles. The molecule has 5 atom stereocenters. The van der Waals surface area contributed by atoms with E-state index >= 15 is 0 Å². The summed E-state index contributed by atoms with van der Waals surface area (Å²) in [4.78, 5) is 169. The molecular weight excluding hydrogens is 1890 g/mol. The fraction of sp³-hybridized carbons (Fsp3) is 0.405. The van der Waals surface area contributed by atoms with Gasteiger partial charge in [-0.2, -0.15) is 15.3 Å². The molecule has 9 amide bonds. The fourth-order valence-corrected chi connectivity index (χ4v) is 19.1. The van der Waals surface area contributed by atoms with Crippen molar-refractivity contribution < 1.29 is 88.2 Å². The van der Waals surface area contributed by atoms with Crippen molar-refractivity contribution in [2.75, 3.05) is 75.0 Å². The zero-order valence-electron chi connectivity index (χ0n) is 86.8. The number of aliphatic hydroxyl groups is 3. The fourth-order valence-electron chi connectivity index (χ4n) is 19.1. The van der Waals surface area contributed by atoms with Crippen LogP contribution in [0.1, 0.15) is 281 Å². The van der Waals surface area contributed by atoms with Gasteiger partial charge < -0.3 is 76.0 Å². The maximum absolute atomic E-state index is 14.6. The number of carboxylic acids is 3. The van der Waals surface area contributed by atoms with Gasteiger partial charge in [-0.3, -0.25) is 57.5 Å². The Kier molecular flexibility index (Phi) is 41.6. The number of unbranched alkanes of at least 4 members (excludes halogenated alkanes) is 6. The molecule has 9 N–H and O–H groups in total. The summed E-state index contributed by atoms with van der Waals surface area (Å²) in [5, 5.41) is 81.8. The van der Waals surface area contributed by atoms with E-state index in [0.717, 1.165) is 122 Å². The summed E-state index contributed by atoms with van der Waals surface area (Å²) in [6.07, 6.45) is 11.5. The number of carbonyl (C=O) groups is 12. The van der Waals surface area contributed by atoms with Gasteiger partial charge in [-0.15, -0.1) is 0 Å². The van der Waals surface area contributed by atoms with Crippen molar-refractivity contribution in [2.24, 2.45) is 5.92 Å². The van der Waals surface area contributed by atoms with Crippen molar-refractivity contribution >= 4 is 88.1 Å². The summed E-state index contributed by atoms with van der Waals surface area (Å²) in [5.74, 6) is -7.57. The highest BCUT2D eigenvalue weighted by atomic mass is 16.4. The van der Waals surface area contributed by atoms with Gasteiger partial charge in [0, 0.05) is 112 Å². The third-order valence-electron chi connectivity index (χ3n) is 27.4. The van der Waals surface area contributed by atoms with Crippen LogP contribution in [0, 0.1) is 26.7 Å². The van der Waals surface area contributed by atoms with Crippen molar-refractivity contribution in [3.63, 3.8) is 0 Å². The second-order valence-electron chi connectivity index (χ2n) is 38.5. The maximum atomic E-state index is 14.6. The predicted octanol–water partition coefficient (Wildman–Crippen LogP) is 17.0. The number of benzene rings is 8. The summed E-state index contributed by atoms with van der Waals surface area (Å²) >= 11 is 0. The average molecular weight is 2030 g/mol. The molecule has 3 aromatic heterocycles. The summed E-state index contributed by atoms with van der Waals surface area (Å²) in [6, 6.07) is 60.2. The molecule has 149 heavy (non-hydrogen) atoms. The van der Waals surface area contributed by atoms with Gasteiger partial charge in [0.05, 0.1) is 96.9 Å². The van der Waals surface area contributed by atoms with Crippen molar-refractivity contribution in [2.45, 2.75) is 241 Å². The van der Waals surface area contributed by atoms with Gasteiger partial charge in [-0.05, 0) is 202 Å². The zero-order valence-corrected chi connectivity index (χ0v) is 86.8. The lowest BCUT2D eigenvalue weighted by Crippen LogP contribution is -2.46. The van der Waals surface area contributed by atoms with E-state index in [1.54, 1.807) is 114 Å². The number of amides is 9. The lowest BCUT2D eigenvalue weighted by atomic mass is 9.92. The Hall–Kier alpha value is -15.1.